The van der Waals surface area contributed by atoms with E-state index in [1.165, 1.54) is 20.0 Å². The van der Waals surface area contributed by atoms with E-state index in [1.807, 2.05) is 24.3 Å². The number of benzene rings is 1. The lowest BCUT2D eigenvalue weighted by molar-refractivity contribution is 0.171. The summed E-state index contributed by atoms with van der Waals surface area (Å²) in [7, 11) is 1.37. The number of rotatable bonds is 8. The molecule has 26 heavy (non-hydrogen) atoms. The van der Waals surface area contributed by atoms with E-state index in [4.69, 9.17) is 16.6 Å². The lowest BCUT2D eigenvalue weighted by Gasteiger charge is -2.09. The average Bonchev–Trinajstić information content (AvgIpc) is 3.35. The van der Waals surface area contributed by atoms with Crippen LogP contribution in [-0.4, -0.2) is 35.3 Å². The summed E-state index contributed by atoms with van der Waals surface area (Å²) in [6.07, 6.45) is 4.97. The van der Waals surface area contributed by atoms with Crippen LogP contribution in [0.2, 0.25) is 5.02 Å². The van der Waals surface area contributed by atoms with Crippen LogP contribution in [0.5, 0.6) is 0 Å². The van der Waals surface area contributed by atoms with Crippen molar-refractivity contribution < 1.29 is 9.53 Å². The second kappa shape index (κ2) is 8.56. The second-order valence-corrected chi connectivity index (χ2v) is 7.06. The number of amides is 1. The van der Waals surface area contributed by atoms with Crippen LogP contribution in [0.4, 0.5) is 4.79 Å². The van der Waals surface area contributed by atoms with E-state index in [2.05, 4.69) is 33.1 Å². The van der Waals surface area contributed by atoms with Gasteiger partial charge in [-0.05, 0) is 50.5 Å². The fourth-order valence-electron chi connectivity index (χ4n) is 2.85. The molecule has 6 nitrogen and oxygen atoms in total. The van der Waals surface area contributed by atoms with Gasteiger partial charge in [-0.15, -0.1) is 0 Å². The Labute approximate surface area is 158 Å². The van der Waals surface area contributed by atoms with Gasteiger partial charge in [-0.1, -0.05) is 11.6 Å². The predicted molar refractivity (Wildman–Crippen MR) is 102 cm³/mol. The molecule has 3 rings (SSSR count). The Hall–Kier alpha value is -2.05. The lowest BCUT2D eigenvalue weighted by atomic mass is 10.2. The second-order valence-electron chi connectivity index (χ2n) is 6.62. The summed E-state index contributed by atoms with van der Waals surface area (Å²) in [5.74, 6) is 0.916. The Balaban J connectivity index is 1.74. The Bertz CT molecular complexity index is 740. The summed E-state index contributed by atoms with van der Waals surface area (Å²) < 4.78 is 6.74. The molecule has 7 heteroatoms. The van der Waals surface area contributed by atoms with Crippen molar-refractivity contribution in [1.82, 2.24) is 20.2 Å². The van der Waals surface area contributed by atoms with Crippen LogP contribution in [0.3, 0.4) is 0 Å². The average molecular weight is 377 g/mol. The number of methoxy groups -OCH3 is 1. The molecular weight excluding hydrogens is 352 g/mol. The van der Waals surface area contributed by atoms with Gasteiger partial charge in [-0.2, -0.15) is 0 Å². The van der Waals surface area contributed by atoms with Gasteiger partial charge in [-0.3, -0.25) is 0 Å². The maximum atomic E-state index is 11.2. The van der Waals surface area contributed by atoms with Crippen molar-refractivity contribution in [1.29, 1.82) is 0 Å². The number of hydrogen-bond acceptors (Lipinski definition) is 4. The Morgan fingerprint density at radius 3 is 2.77 bits per heavy atom. The number of hydrogen-bond donors (Lipinski definition) is 2. The van der Waals surface area contributed by atoms with Gasteiger partial charge in [0.2, 0.25) is 0 Å². The number of aromatic nitrogens is 2. The van der Waals surface area contributed by atoms with E-state index >= 15 is 0 Å². The molecule has 0 spiro atoms. The molecule has 0 bridgehead atoms. The first-order chi connectivity index (χ1) is 12.6. The van der Waals surface area contributed by atoms with Gasteiger partial charge < -0.3 is 19.9 Å². The SMILES string of the molecule is COC(=O)NCCCn1cc(C(C)NC2CC2)nc1-c1ccc(Cl)cc1. The third kappa shape index (κ3) is 4.99. The third-order valence-electron chi connectivity index (χ3n) is 4.43. The van der Waals surface area contributed by atoms with Crippen LogP contribution in [0.25, 0.3) is 11.4 Å². The number of nitrogens with zero attached hydrogens (tertiary/aromatic N) is 2. The van der Waals surface area contributed by atoms with Crippen LogP contribution in [0.15, 0.2) is 30.5 Å². The lowest BCUT2D eigenvalue weighted by Crippen LogP contribution is -2.24. The van der Waals surface area contributed by atoms with Crippen LogP contribution in [-0.2, 0) is 11.3 Å². The molecule has 1 unspecified atom stereocenters. The number of carbonyl (C=O) groups excluding carboxylic acids is 1. The molecule has 1 amide bonds. The highest BCUT2D eigenvalue weighted by molar-refractivity contribution is 6.30. The molecule has 2 aromatic rings. The van der Waals surface area contributed by atoms with Gasteiger partial charge in [0.1, 0.15) is 5.82 Å². The predicted octanol–water partition coefficient (Wildman–Crippen LogP) is 3.76. The molecule has 0 aliphatic heterocycles. The minimum absolute atomic E-state index is 0.211. The molecule has 0 saturated heterocycles. The van der Waals surface area contributed by atoms with E-state index in [1.54, 1.807) is 0 Å². The quantitative estimate of drug-likeness (QED) is 0.688. The molecule has 1 atom stereocenters. The van der Waals surface area contributed by atoms with E-state index in [0.29, 0.717) is 17.6 Å². The molecule has 1 heterocycles. The van der Waals surface area contributed by atoms with E-state index < -0.39 is 6.09 Å². The Morgan fingerprint density at radius 2 is 2.12 bits per heavy atom. The number of ether oxygens (including phenoxy) is 1. The first-order valence-corrected chi connectivity index (χ1v) is 9.35. The fraction of sp³-hybridized carbons (Fsp3) is 0.474. The zero-order valence-corrected chi connectivity index (χ0v) is 15.9. The molecule has 1 aromatic heterocycles. The number of imidazole rings is 1. The zero-order chi connectivity index (χ0) is 18.5. The van der Waals surface area contributed by atoms with E-state index in [0.717, 1.165) is 30.0 Å². The van der Waals surface area contributed by atoms with Crippen LogP contribution >= 0.6 is 11.6 Å². The summed E-state index contributed by atoms with van der Waals surface area (Å²) in [5.41, 5.74) is 2.06. The van der Waals surface area contributed by atoms with Gasteiger partial charge in [-0.25, -0.2) is 9.78 Å². The molecule has 1 aliphatic rings. The van der Waals surface area contributed by atoms with Crippen molar-refractivity contribution in [2.24, 2.45) is 0 Å². The van der Waals surface area contributed by atoms with Crippen LogP contribution < -0.4 is 10.6 Å². The van der Waals surface area contributed by atoms with Crippen molar-refractivity contribution in [2.75, 3.05) is 13.7 Å². The summed E-state index contributed by atoms with van der Waals surface area (Å²) >= 11 is 6.02. The summed E-state index contributed by atoms with van der Waals surface area (Å²) in [6.45, 7) is 3.46. The summed E-state index contributed by atoms with van der Waals surface area (Å²) in [4.78, 5) is 16.0. The molecule has 1 aliphatic carbocycles. The molecular formula is C19H25ClN4O2. The number of nitrogens with one attached hydrogen (secondary N) is 2. The Morgan fingerprint density at radius 1 is 1.38 bits per heavy atom. The van der Waals surface area contributed by atoms with E-state index in [9.17, 15) is 4.79 Å². The van der Waals surface area contributed by atoms with Gasteiger partial charge >= 0.3 is 6.09 Å². The van der Waals surface area contributed by atoms with Crippen LogP contribution in [0, 0.1) is 0 Å². The topological polar surface area (TPSA) is 68.2 Å². The smallest absolute Gasteiger partial charge is 0.406 e. The van der Waals surface area contributed by atoms with Crippen LogP contribution in [0.1, 0.15) is 37.9 Å². The van der Waals surface area contributed by atoms with Crippen molar-refractivity contribution in [3.8, 4) is 11.4 Å². The number of aryl methyl sites for hydroxylation is 1. The molecule has 1 fully saturated rings. The van der Waals surface area contributed by atoms with Crippen molar-refractivity contribution >= 4 is 17.7 Å². The molecule has 2 N–H and O–H groups in total. The minimum atomic E-state index is -0.406. The molecule has 1 saturated carbocycles. The van der Waals surface area contributed by atoms with Gasteiger partial charge in [0.05, 0.1) is 12.8 Å². The van der Waals surface area contributed by atoms with Crippen molar-refractivity contribution in [2.45, 2.75) is 44.8 Å². The van der Waals surface area contributed by atoms with Crippen molar-refractivity contribution in [3.63, 3.8) is 0 Å². The third-order valence-corrected chi connectivity index (χ3v) is 4.69. The normalized spacial score (nSPS) is 14.9. The summed E-state index contributed by atoms with van der Waals surface area (Å²) in [5, 5.41) is 7.01. The fourth-order valence-corrected chi connectivity index (χ4v) is 2.97. The van der Waals surface area contributed by atoms with Gasteiger partial charge in [0.25, 0.3) is 0 Å². The number of halogens is 1. The number of alkyl carbamates (subject to hydrolysis) is 1. The maximum Gasteiger partial charge on any atom is 0.406 e. The number of carbonyl (C=O) groups is 1. The molecule has 140 valence electrons. The maximum absolute atomic E-state index is 11.2. The highest BCUT2D eigenvalue weighted by Crippen LogP contribution is 2.27. The Kier molecular flexibility index (Phi) is 6.16. The van der Waals surface area contributed by atoms with Gasteiger partial charge in [0.15, 0.2) is 0 Å². The molecule has 1 aromatic carbocycles. The standard InChI is InChI=1S/C19H25ClN4O2/c1-13(22-16-8-9-16)17-12-24(11-3-10-21-19(25)26-2)18(23-17)14-4-6-15(20)7-5-14/h4-7,12-13,16,22H,3,8-11H2,1-2H3,(H,21,25). The first-order valence-electron chi connectivity index (χ1n) is 8.97. The first kappa shape index (κ1) is 18.7. The largest absolute Gasteiger partial charge is 0.453 e. The highest BCUT2D eigenvalue weighted by Gasteiger charge is 2.25. The monoisotopic (exact) mass is 376 g/mol. The van der Waals surface area contributed by atoms with Crippen molar-refractivity contribution in [3.05, 3.63) is 41.2 Å². The zero-order valence-electron chi connectivity index (χ0n) is 15.2. The minimum Gasteiger partial charge on any atom is -0.453 e. The van der Waals surface area contributed by atoms with Gasteiger partial charge in [0, 0.05) is 42.0 Å². The molecule has 0 radical (unpaired) electrons. The van der Waals surface area contributed by atoms with E-state index in [-0.39, 0.29) is 6.04 Å². The highest BCUT2D eigenvalue weighted by atomic mass is 35.5. The summed E-state index contributed by atoms with van der Waals surface area (Å²) in [6, 6.07) is 8.55.